The molecule has 1 saturated heterocycles. The lowest BCUT2D eigenvalue weighted by Gasteiger charge is -2.32. The van der Waals surface area contributed by atoms with E-state index in [1.807, 2.05) is 60.7 Å². The molecule has 0 spiro atoms. The lowest BCUT2D eigenvalue weighted by atomic mass is 9.81. The molecule has 3 aliphatic carbocycles. The lowest BCUT2D eigenvalue weighted by molar-refractivity contribution is 0.182. The third kappa shape index (κ3) is 5.58. The summed E-state index contributed by atoms with van der Waals surface area (Å²) in [6, 6.07) is 46.9. The summed E-state index contributed by atoms with van der Waals surface area (Å²) < 4.78 is 6.64. The van der Waals surface area contributed by atoms with Crippen molar-refractivity contribution < 1.29 is 4.74 Å². The summed E-state index contributed by atoms with van der Waals surface area (Å²) in [5.41, 5.74) is 14.5. The molecule has 6 aromatic rings. The van der Waals surface area contributed by atoms with E-state index in [-0.39, 0.29) is 12.1 Å². The Morgan fingerprint density at radius 3 is 1.84 bits per heavy atom. The average molecular weight is 723 g/mol. The molecule has 0 saturated carbocycles. The van der Waals surface area contributed by atoms with Gasteiger partial charge in [0.2, 0.25) is 0 Å². The van der Waals surface area contributed by atoms with Gasteiger partial charge < -0.3 is 9.64 Å². The van der Waals surface area contributed by atoms with E-state index in [1.54, 1.807) is 0 Å². The van der Waals surface area contributed by atoms with Crippen molar-refractivity contribution in [3.05, 3.63) is 204 Å². The second kappa shape index (κ2) is 13.5. The summed E-state index contributed by atoms with van der Waals surface area (Å²) in [5, 5.41) is 0. The van der Waals surface area contributed by atoms with Crippen LogP contribution in [0.25, 0.3) is 50.9 Å². The Labute approximate surface area is 327 Å². The molecule has 56 heavy (non-hydrogen) atoms. The Morgan fingerprint density at radius 2 is 1.14 bits per heavy atom. The van der Waals surface area contributed by atoms with Crippen LogP contribution < -0.4 is 4.90 Å². The predicted octanol–water partition coefficient (Wildman–Crippen LogP) is 11.9. The molecule has 2 aliphatic heterocycles. The highest BCUT2D eigenvalue weighted by molar-refractivity contribution is 5.94. The molecule has 0 bridgehead atoms. The molecule has 5 aliphatic rings. The van der Waals surface area contributed by atoms with Crippen LogP contribution in [0.3, 0.4) is 0 Å². The number of benzene rings is 5. The van der Waals surface area contributed by atoms with Gasteiger partial charge in [-0.25, -0.2) is 15.0 Å². The first kappa shape index (κ1) is 32.6. The van der Waals surface area contributed by atoms with E-state index in [0.717, 1.165) is 52.8 Å². The van der Waals surface area contributed by atoms with Gasteiger partial charge in [-0.2, -0.15) is 0 Å². The van der Waals surface area contributed by atoms with E-state index >= 15 is 0 Å². The predicted molar refractivity (Wildman–Crippen MR) is 226 cm³/mol. The average Bonchev–Trinajstić information content (AvgIpc) is 3.83. The van der Waals surface area contributed by atoms with Crippen molar-refractivity contribution in [1.82, 2.24) is 15.0 Å². The van der Waals surface area contributed by atoms with Gasteiger partial charge in [0.05, 0.1) is 6.04 Å². The smallest absolute Gasteiger partial charge is 0.164 e. The van der Waals surface area contributed by atoms with Crippen molar-refractivity contribution >= 4 is 16.9 Å². The Morgan fingerprint density at radius 1 is 0.554 bits per heavy atom. The monoisotopic (exact) mass is 722 g/mol. The number of hydrogen-bond acceptors (Lipinski definition) is 5. The van der Waals surface area contributed by atoms with Crippen LogP contribution in [-0.2, 0) is 4.74 Å². The summed E-state index contributed by atoms with van der Waals surface area (Å²) in [6.07, 6.45) is 19.0. The van der Waals surface area contributed by atoms with Crippen molar-refractivity contribution in [3.63, 3.8) is 0 Å². The van der Waals surface area contributed by atoms with Gasteiger partial charge in [-0.1, -0.05) is 152 Å². The number of rotatable bonds is 6. The SMILES string of the molecule is C1=CC2OC3=C(C4=CC=C5c6ccccc6N(c6ccc(-c7ccc(-c8nc(-c9ccccc9)nc(-c9ccccc9)n8)cc7)cc6)C5C4)CCC=C3C2C=C1. The first-order valence-corrected chi connectivity index (χ1v) is 19.6. The minimum Gasteiger partial charge on any atom is -0.485 e. The maximum absolute atomic E-state index is 6.64. The minimum atomic E-state index is 0.107. The van der Waals surface area contributed by atoms with Crippen LogP contribution in [0.1, 0.15) is 24.8 Å². The Kier molecular flexibility index (Phi) is 7.83. The molecule has 0 amide bonds. The second-order valence-electron chi connectivity index (χ2n) is 15.0. The lowest BCUT2D eigenvalue weighted by Crippen LogP contribution is -2.29. The van der Waals surface area contributed by atoms with Crippen LogP contribution >= 0.6 is 0 Å². The molecule has 5 nitrogen and oxygen atoms in total. The Bertz CT molecular complexity index is 2630. The van der Waals surface area contributed by atoms with Gasteiger partial charge in [0.25, 0.3) is 0 Å². The van der Waals surface area contributed by atoms with Gasteiger partial charge in [-0.15, -0.1) is 0 Å². The molecule has 3 atom stereocenters. The van der Waals surface area contributed by atoms with E-state index in [1.165, 1.54) is 39.2 Å². The number of allylic oxidation sites excluding steroid dienone is 7. The number of aromatic nitrogens is 3. The first-order valence-electron chi connectivity index (χ1n) is 19.6. The molecule has 11 rings (SSSR count). The van der Waals surface area contributed by atoms with Crippen LogP contribution in [0.5, 0.6) is 0 Å². The van der Waals surface area contributed by atoms with Gasteiger partial charge in [0, 0.05) is 45.1 Å². The molecule has 5 heteroatoms. The fraction of sp³-hybridized carbons (Fsp3) is 0.118. The van der Waals surface area contributed by atoms with Crippen LogP contribution in [0.4, 0.5) is 11.4 Å². The van der Waals surface area contributed by atoms with E-state index < -0.39 is 0 Å². The molecular formula is C51H38N4O. The van der Waals surface area contributed by atoms with Crippen LogP contribution in [0.15, 0.2) is 198 Å². The number of fused-ring (bicyclic) bond motifs is 6. The fourth-order valence-corrected chi connectivity index (χ4v) is 8.99. The van der Waals surface area contributed by atoms with E-state index in [9.17, 15) is 0 Å². The molecule has 0 N–H and O–H groups in total. The topological polar surface area (TPSA) is 51.1 Å². The number of nitrogens with zero attached hydrogens (tertiary/aromatic N) is 4. The van der Waals surface area contributed by atoms with Crippen LogP contribution in [0.2, 0.25) is 0 Å². The van der Waals surface area contributed by atoms with Crippen molar-refractivity contribution in [2.45, 2.75) is 31.4 Å². The summed E-state index contributed by atoms with van der Waals surface area (Å²) in [4.78, 5) is 17.2. The molecular weight excluding hydrogens is 685 g/mol. The van der Waals surface area contributed by atoms with E-state index in [2.05, 4.69) is 120 Å². The highest BCUT2D eigenvalue weighted by atomic mass is 16.5. The maximum Gasteiger partial charge on any atom is 0.164 e. The van der Waals surface area contributed by atoms with Gasteiger partial charge in [0.1, 0.15) is 11.9 Å². The van der Waals surface area contributed by atoms with Crippen LogP contribution in [0, 0.1) is 5.92 Å². The van der Waals surface area contributed by atoms with Crippen LogP contribution in [-0.4, -0.2) is 27.1 Å². The Balaban J connectivity index is 0.886. The first-order chi connectivity index (χ1) is 27.7. The van der Waals surface area contributed by atoms with Gasteiger partial charge >= 0.3 is 0 Å². The molecule has 5 aromatic carbocycles. The van der Waals surface area contributed by atoms with Crippen molar-refractivity contribution in [1.29, 1.82) is 0 Å². The second-order valence-corrected chi connectivity index (χ2v) is 15.0. The molecule has 3 unspecified atom stereocenters. The maximum atomic E-state index is 6.64. The fourth-order valence-electron chi connectivity index (χ4n) is 8.99. The normalized spacial score (nSPS) is 20.3. The van der Waals surface area contributed by atoms with E-state index in [4.69, 9.17) is 19.7 Å². The number of hydrogen-bond donors (Lipinski definition) is 0. The third-order valence-corrected chi connectivity index (χ3v) is 11.7. The quantitative estimate of drug-likeness (QED) is 0.171. The number of anilines is 2. The number of ether oxygens (including phenoxy) is 1. The van der Waals surface area contributed by atoms with Gasteiger partial charge in [-0.05, 0) is 71.4 Å². The summed E-state index contributed by atoms with van der Waals surface area (Å²) in [6.45, 7) is 0. The minimum absolute atomic E-state index is 0.107. The third-order valence-electron chi connectivity index (χ3n) is 11.7. The highest BCUT2D eigenvalue weighted by Crippen LogP contribution is 2.51. The van der Waals surface area contributed by atoms with E-state index in [0.29, 0.717) is 23.4 Å². The molecule has 0 radical (unpaired) electrons. The van der Waals surface area contributed by atoms with Crippen molar-refractivity contribution in [2.24, 2.45) is 5.92 Å². The summed E-state index contributed by atoms with van der Waals surface area (Å²) in [7, 11) is 0. The molecule has 3 heterocycles. The summed E-state index contributed by atoms with van der Waals surface area (Å²) in [5.74, 6) is 3.42. The van der Waals surface area contributed by atoms with Gasteiger partial charge in [0.15, 0.2) is 17.5 Å². The summed E-state index contributed by atoms with van der Waals surface area (Å²) >= 11 is 0. The zero-order valence-electron chi connectivity index (χ0n) is 30.8. The number of para-hydroxylation sites is 1. The molecule has 268 valence electrons. The van der Waals surface area contributed by atoms with Crippen molar-refractivity contribution in [2.75, 3.05) is 4.90 Å². The van der Waals surface area contributed by atoms with Gasteiger partial charge in [-0.3, -0.25) is 0 Å². The van der Waals surface area contributed by atoms with Crippen molar-refractivity contribution in [3.8, 4) is 45.3 Å². The molecule has 1 aromatic heterocycles. The molecule has 1 fully saturated rings. The zero-order chi connectivity index (χ0) is 37.0. The standard InChI is InChI=1S/C51H38N4O/c1-3-12-35(13-4-1)49-52-50(36-14-5-2-6-15-36)54-51(53-49)37-24-22-33(23-25-37)34-26-29-39(30-27-34)55-45-20-9-7-16-41(45)42-31-28-38(32-46(42)55)40-18-11-19-44-43-17-8-10-21-47(43)56-48(40)44/h1-10,12-17,19-31,43,46-47H,11,18,32H2. The Hall–Kier alpha value is -6.85. The highest BCUT2D eigenvalue weighted by Gasteiger charge is 2.41. The zero-order valence-corrected chi connectivity index (χ0v) is 30.8. The largest absolute Gasteiger partial charge is 0.485 e.